The number of hydrogen-bond donors (Lipinski definition) is 3. The number of ether oxygens (including phenoxy) is 1. The molecule has 1 unspecified atom stereocenters. The van der Waals surface area contributed by atoms with Gasteiger partial charge in [-0.1, -0.05) is 59.1 Å². The second-order valence-electron chi connectivity index (χ2n) is 9.45. The first-order valence-electron chi connectivity index (χ1n) is 13.1. The normalized spacial score (nSPS) is 11.7. The van der Waals surface area contributed by atoms with Gasteiger partial charge in [0.25, 0.3) is 0 Å². The van der Waals surface area contributed by atoms with Crippen molar-refractivity contribution in [1.82, 2.24) is 10.3 Å². The first kappa shape index (κ1) is 27.1. The van der Waals surface area contributed by atoms with Crippen LogP contribution in [0.15, 0.2) is 66.9 Å². The molecule has 0 aliphatic carbocycles. The summed E-state index contributed by atoms with van der Waals surface area (Å²) in [5.41, 5.74) is 4.72. The summed E-state index contributed by atoms with van der Waals surface area (Å²) in [5, 5.41) is 9.45. The Morgan fingerprint density at radius 1 is 0.972 bits per heavy atom. The summed E-state index contributed by atoms with van der Waals surface area (Å²) in [6, 6.07) is 19.5. The fourth-order valence-electron chi connectivity index (χ4n) is 4.22. The van der Waals surface area contributed by atoms with Gasteiger partial charge in [0.2, 0.25) is 0 Å². The number of nitrogens with one attached hydrogen (secondary N) is 3. The first-order valence-corrected chi connectivity index (χ1v) is 13.1. The maximum absolute atomic E-state index is 12.4. The van der Waals surface area contributed by atoms with Gasteiger partial charge in [0.05, 0.1) is 5.69 Å². The van der Waals surface area contributed by atoms with Gasteiger partial charge in [0.1, 0.15) is 12.4 Å². The van der Waals surface area contributed by atoms with Crippen LogP contribution in [-0.4, -0.2) is 17.6 Å². The smallest absolute Gasteiger partial charge is 0.319 e. The first-order chi connectivity index (χ1) is 17.5. The van der Waals surface area contributed by atoms with Crippen LogP contribution in [-0.2, 0) is 6.61 Å². The molecule has 0 fully saturated rings. The Balaban J connectivity index is 1.59. The molecule has 0 bridgehead atoms. The lowest BCUT2D eigenvalue weighted by Gasteiger charge is -2.17. The molecule has 192 valence electrons. The number of pyridine rings is 1. The molecule has 0 spiro atoms. The second kappa shape index (κ2) is 14.1. The van der Waals surface area contributed by atoms with Gasteiger partial charge in [-0.2, -0.15) is 0 Å². The van der Waals surface area contributed by atoms with Crippen LogP contribution in [0.3, 0.4) is 0 Å². The Hall–Kier alpha value is -3.54. The van der Waals surface area contributed by atoms with Gasteiger partial charge in [-0.15, -0.1) is 0 Å². The van der Waals surface area contributed by atoms with Crippen LogP contribution in [0.25, 0.3) is 0 Å². The molecule has 1 heterocycles. The SMILES string of the molecule is CCCC(CC)CCNC(=O)Nc1cccc(Nc2ccc(OCc3ccccn3)cc2C(C)C)c1. The molecule has 1 aromatic heterocycles. The van der Waals surface area contributed by atoms with Crippen LogP contribution in [0.1, 0.15) is 70.6 Å². The monoisotopic (exact) mass is 488 g/mol. The number of anilines is 3. The van der Waals surface area contributed by atoms with Crippen molar-refractivity contribution < 1.29 is 9.53 Å². The van der Waals surface area contributed by atoms with Crippen molar-refractivity contribution in [2.24, 2.45) is 5.92 Å². The van der Waals surface area contributed by atoms with E-state index in [9.17, 15) is 4.79 Å². The van der Waals surface area contributed by atoms with Crippen LogP contribution in [0.2, 0.25) is 0 Å². The Morgan fingerprint density at radius 2 is 1.81 bits per heavy atom. The molecular weight excluding hydrogens is 448 g/mol. The second-order valence-corrected chi connectivity index (χ2v) is 9.45. The number of aromatic nitrogens is 1. The van der Waals surface area contributed by atoms with Gasteiger partial charge in [-0.25, -0.2) is 4.79 Å². The summed E-state index contributed by atoms with van der Waals surface area (Å²) in [6.07, 6.45) is 6.33. The number of amides is 2. The number of carbonyl (C=O) groups is 1. The zero-order valence-corrected chi connectivity index (χ0v) is 22.0. The van der Waals surface area contributed by atoms with Crippen molar-refractivity contribution in [3.05, 3.63) is 78.1 Å². The average molecular weight is 489 g/mol. The van der Waals surface area contributed by atoms with Crippen molar-refractivity contribution in [3.8, 4) is 5.75 Å². The fourth-order valence-corrected chi connectivity index (χ4v) is 4.22. The van der Waals surface area contributed by atoms with E-state index in [0.717, 1.165) is 46.9 Å². The highest BCUT2D eigenvalue weighted by Crippen LogP contribution is 2.31. The van der Waals surface area contributed by atoms with E-state index < -0.39 is 0 Å². The van der Waals surface area contributed by atoms with Gasteiger partial charge >= 0.3 is 6.03 Å². The maximum Gasteiger partial charge on any atom is 0.319 e. The molecule has 0 saturated carbocycles. The highest BCUT2D eigenvalue weighted by molar-refractivity contribution is 5.90. The van der Waals surface area contributed by atoms with Crippen molar-refractivity contribution in [2.75, 3.05) is 17.2 Å². The molecule has 6 heteroatoms. The third kappa shape index (κ3) is 8.59. The van der Waals surface area contributed by atoms with Crippen LogP contribution < -0.4 is 20.7 Å². The van der Waals surface area contributed by atoms with Gasteiger partial charge in [0.15, 0.2) is 0 Å². The number of rotatable bonds is 13. The third-order valence-electron chi connectivity index (χ3n) is 6.27. The Bertz CT molecular complexity index is 1090. The molecule has 1 atom stereocenters. The van der Waals surface area contributed by atoms with Gasteiger partial charge in [0, 0.05) is 29.8 Å². The third-order valence-corrected chi connectivity index (χ3v) is 6.27. The van der Waals surface area contributed by atoms with Crippen LogP contribution in [0, 0.1) is 5.92 Å². The van der Waals surface area contributed by atoms with Gasteiger partial charge in [-0.3, -0.25) is 4.98 Å². The Kier molecular flexibility index (Phi) is 10.6. The molecule has 3 rings (SSSR count). The van der Waals surface area contributed by atoms with Crippen LogP contribution in [0.5, 0.6) is 5.75 Å². The van der Waals surface area contributed by atoms with E-state index in [1.807, 2.05) is 54.6 Å². The largest absolute Gasteiger partial charge is 0.487 e. The lowest BCUT2D eigenvalue weighted by Crippen LogP contribution is -2.30. The summed E-state index contributed by atoms with van der Waals surface area (Å²) in [4.78, 5) is 16.7. The molecule has 2 amide bonds. The lowest BCUT2D eigenvalue weighted by atomic mass is 9.97. The molecule has 0 radical (unpaired) electrons. The summed E-state index contributed by atoms with van der Waals surface area (Å²) < 4.78 is 5.97. The molecular formula is C30H40N4O2. The van der Waals surface area contributed by atoms with Crippen LogP contribution in [0.4, 0.5) is 21.9 Å². The Labute approximate surface area is 215 Å². The van der Waals surface area contributed by atoms with Crippen molar-refractivity contribution in [2.45, 2.75) is 65.9 Å². The molecule has 2 aromatic carbocycles. The van der Waals surface area contributed by atoms with Gasteiger partial charge in [-0.05, 0) is 72.4 Å². The average Bonchev–Trinajstić information content (AvgIpc) is 2.88. The quantitative estimate of drug-likeness (QED) is 0.229. The predicted octanol–water partition coefficient (Wildman–Crippen LogP) is 7.87. The number of hydrogen-bond acceptors (Lipinski definition) is 4. The zero-order valence-electron chi connectivity index (χ0n) is 22.0. The molecule has 0 aliphatic rings. The molecule has 0 saturated heterocycles. The van der Waals surface area contributed by atoms with E-state index in [2.05, 4.69) is 54.7 Å². The Morgan fingerprint density at radius 3 is 2.53 bits per heavy atom. The maximum atomic E-state index is 12.4. The van der Waals surface area contributed by atoms with E-state index in [0.29, 0.717) is 25.0 Å². The van der Waals surface area contributed by atoms with Crippen molar-refractivity contribution in [3.63, 3.8) is 0 Å². The molecule has 3 aromatic rings. The fraction of sp³-hybridized carbons (Fsp3) is 0.400. The summed E-state index contributed by atoms with van der Waals surface area (Å²) in [6.45, 7) is 9.86. The predicted molar refractivity (Wildman–Crippen MR) is 149 cm³/mol. The van der Waals surface area contributed by atoms with E-state index in [4.69, 9.17) is 4.74 Å². The highest BCUT2D eigenvalue weighted by Gasteiger charge is 2.11. The zero-order chi connectivity index (χ0) is 25.8. The minimum absolute atomic E-state index is 0.171. The molecule has 6 nitrogen and oxygen atoms in total. The summed E-state index contributed by atoms with van der Waals surface area (Å²) in [7, 11) is 0. The lowest BCUT2D eigenvalue weighted by molar-refractivity contribution is 0.251. The van der Waals surface area contributed by atoms with E-state index in [-0.39, 0.29) is 6.03 Å². The summed E-state index contributed by atoms with van der Waals surface area (Å²) >= 11 is 0. The van der Waals surface area contributed by atoms with E-state index >= 15 is 0 Å². The minimum Gasteiger partial charge on any atom is -0.487 e. The minimum atomic E-state index is -0.171. The number of carbonyl (C=O) groups excluding carboxylic acids is 1. The number of nitrogens with zero attached hydrogens (tertiary/aromatic N) is 1. The van der Waals surface area contributed by atoms with E-state index in [1.165, 1.54) is 12.8 Å². The summed E-state index contributed by atoms with van der Waals surface area (Å²) in [5.74, 6) is 1.79. The highest BCUT2D eigenvalue weighted by atomic mass is 16.5. The van der Waals surface area contributed by atoms with Crippen LogP contribution >= 0.6 is 0 Å². The van der Waals surface area contributed by atoms with Crippen molar-refractivity contribution >= 4 is 23.1 Å². The van der Waals surface area contributed by atoms with Gasteiger partial charge < -0.3 is 20.7 Å². The molecule has 0 aliphatic heterocycles. The topological polar surface area (TPSA) is 75.3 Å². The molecule has 3 N–H and O–H groups in total. The molecule has 36 heavy (non-hydrogen) atoms. The van der Waals surface area contributed by atoms with Crippen molar-refractivity contribution in [1.29, 1.82) is 0 Å². The number of benzene rings is 2. The standard InChI is InChI=1S/C30H40N4O2/c1-5-10-23(6-2)16-18-32-30(35)34-25-13-9-12-24(19-25)33-29-15-14-27(20-28(29)22(3)4)36-21-26-11-7-8-17-31-26/h7-9,11-15,17,19-20,22-23,33H,5-6,10,16,18,21H2,1-4H3,(H2,32,34,35). The number of urea groups is 1. The van der Waals surface area contributed by atoms with E-state index in [1.54, 1.807) is 6.20 Å².